The summed E-state index contributed by atoms with van der Waals surface area (Å²) >= 11 is 5.23. The SMILES string of the molecule is CCOC(=O)C(C=Nc1ccccc1)=C(O)c1ccc(C)c(C)n1.CCOC(=O)C=CNc1ccccc1.Cc1ccc(C(=O)Cl)nc1C.Cc1ccc(C(=O)c2c[nH]c3ccccc3c2=O)nc1C.Cc1ccc(C(=O)c2cn(Cc3ccccc3F)c3ccccc3c2=O)nc1C. The van der Waals surface area contributed by atoms with E-state index in [2.05, 4.69) is 35.2 Å². The number of benzene rings is 5. The van der Waals surface area contributed by atoms with E-state index in [0.717, 1.165) is 50.7 Å². The van der Waals surface area contributed by atoms with Crippen molar-refractivity contribution in [3.63, 3.8) is 0 Å². The molecule has 504 valence electrons. The van der Waals surface area contributed by atoms with Gasteiger partial charge in [0.2, 0.25) is 22.4 Å². The number of aryl methyl sites for hydroxylation is 8. The minimum absolute atomic E-state index is 0.0239. The van der Waals surface area contributed by atoms with Crippen LogP contribution in [0.5, 0.6) is 0 Å². The molecule has 18 nitrogen and oxygen atoms in total. The molecule has 3 N–H and O–H groups in total. The van der Waals surface area contributed by atoms with Gasteiger partial charge in [0.15, 0.2) is 5.76 Å². The molecule has 6 heterocycles. The van der Waals surface area contributed by atoms with Gasteiger partial charge in [-0.2, -0.15) is 0 Å². The number of H-pyrrole nitrogens is 1. The number of ether oxygens (including phenoxy) is 2. The van der Waals surface area contributed by atoms with Gasteiger partial charge in [0.05, 0.1) is 42.1 Å². The van der Waals surface area contributed by atoms with Gasteiger partial charge in [0, 0.05) is 81.2 Å². The summed E-state index contributed by atoms with van der Waals surface area (Å²) < 4.78 is 25.7. The molecule has 0 aliphatic rings. The van der Waals surface area contributed by atoms with Gasteiger partial charge in [-0.05, 0) is 182 Å². The number of aromatic nitrogens is 6. The van der Waals surface area contributed by atoms with Crippen molar-refractivity contribution in [3.05, 3.63) is 323 Å². The van der Waals surface area contributed by atoms with E-state index < -0.39 is 17.0 Å². The first-order valence-electron chi connectivity index (χ1n) is 31.4. The van der Waals surface area contributed by atoms with Crippen molar-refractivity contribution in [3.8, 4) is 0 Å². The highest BCUT2D eigenvalue weighted by Crippen LogP contribution is 2.21. The highest BCUT2D eigenvalue weighted by atomic mass is 35.5. The number of para-hydroxylation sites is 4. The van der Waals surface area contributed by atoms with Crippen molar-refractivity contribution in [1.29, 1.82) is 0 Å². The zero-order valence-corrected chi connectivity index (χ0v) is 57.1. The molecule has 0 bridgehead atoms. The second-order valence-electron chi connectivity index (χ2n) is 22.2. The number of hydrogen-bond acceptors (Lipinski definition) is 16. The Kier molecular flexibility index (Phi) is 27.2. The van der Waals surface area contributed by atoms with Crippen LogP contribution in [0.3, 0.4) is 0 Å². The maximum absolute atomic E-state index is 14.2. The monoisotopic (exact) mass is 1350 g/mol. The highest BCUT2D eigenvalue weighted by Gasteiger charge is 2.21. The molecule has 0 spiro atoms. The van der Waals surface area contributed by atoms with Crippen LogP contribution < -0.4 is 16.2 Å². The van der Waals surface area contributed by atoms with Crippen molar-refractivity contribution in [2.24, 2.45) is 4.99 Å². The number of hydrogen-bond donors (Lipinski definition) is 3. The molecule has 99 heavy (non-hydrogen) atoms. The van der Waals surface area contributed by atoms with Gasteiger partial charge in [0.1, 0.15) is 34.2 Å². The number of aliphatic hydroxyl groups excluding tert-OH is 1. The normalized spacial score (nSPS) is 10.9. The number of pyridine rings is 6. The number of nitrogens with zero attached hydrogens (tertiary/aromatic N) is 6. The number of halogens is 2. The number of nitrogens with one attached hydrogen (secondary N) is 2. The molecule has 0 unspecified atom stereocenters. The van der Waals surface area contributed by atoms with Gasteiger partial charge < -0.3 is 29.4 Å². The van der Waals surface area contributed by atoms with Gasteiger partial charge in [-0.3, -0.25) is 29.0 Å². The molecule has 0 saturated carbocycles. The summed E-state index contributed by atoms with van der Waals surface area (Å²) in [4.78, 5) is 109. The van der Waals surface area contributed by atoms with E-state index in [1.165, 1.54) is 30.8 Å². The third-order valence-electron chi connectivity index (χ3n) is 15.3. The van der Waals surface area contributed by atoms with Crippen LogP contribution in [0.4, 0.5) is 15.8 Å². The first kappa shape index (κ1) is 74.4. The Hall–Kier alpha value is -12.0. The molecule has 0 radical (unpaired) electrons. The van der Waals surface area contributed by atoms with E-state index in [1.807, 2.05) is 140 Å². The largest absolute Gasteiger partial charge is 0.505 e. The van der Waals surface area contributed by atoms with Gasteiger partial charge in [-0.1, -0.05) is 103 Å². The molecule has 11 aromatic rings. The number of rotatable bonds is 16. The number of aliphatic imine (C=N–C) groups is 1. The lowest BCUT2D eigenvalue weighted by Crippen LogP contribution is -2.21. The number of aromatic amines is 1. The summed E-state index contributed by atoms with van der Waals surface area (Å²) in [5.41, 5.74) is 11.3. The summed E-state index contributed by atoms with van der Waals surface area (Å²) in [6.07, 6.45) is 7.20. The average Bonchev–Trinajstić information content (AvgIpc) is 0.770. The first-order valence-corrected chi connectivity index (χ1v) is 31.7. The van der Waals surface area contributed by atoms with Crippen molar-refractivity contribution in [1.82, 2.24) is 29.5 Å². The van der Waals surface area contributed by atoms with Gasteiger partial charge in [0.25, 0.3) is 5.24 Å². The van der Waals surface area contributed by atoms with Crippen LogP contribution in [0.1, 0.15) is 113 Å². The number of fused-ring (bicyclic) bond motifs is 2. The van der Waals surface area contributed by atoms with Crippen LogP contribution in [0.2, 0.25) is 0 Å². The average molecular weight is 1350 g/mol. The molecular weight excluding hydrogens is 1280 g/mol. The predicted molar refractivity (Wildman–Crippen MR) is 387 cm³/mol. The van der Waals surface area contributed by atoms with Gasteiger partial charge in [-0.15, -0.1) is 0 Å². The molecule has 0 aliphatic carbocycles. The van der Waals surface area contributed by atoms with Crippen molar-refractivity contribution < 1.29 is 42.9 Å². The lowest BCUT2D eigenvalue weighted by Gasteiger charge is -2.14. The van der Waals surface area contributed by atoms with Crippen LogP contribution in [-0.2, 0) is 25.6 Å². The Balaban J connectivity index is 0.000000180. The number of aliphatic hydroxyl groups is 1. The fourth-order valence-electron chi connectivity index (χ4n) is 9.22. The number of anilines is 1. The molecule has 11 rings (SSSR count). The molecule has 5 aromatic carbocycles. The highest BCUT2D eigenvalue weighted by molar-refractivity contribution is 6.67. The standard InChI is InChI=1S/C24H19FN2O2.C19H20N2O3.C17H14N2O2.C11H13NO2.C8H8ClNO/c1-15-11-12-21(26-16(15)2)24(29)19-14-27(13-17-7-3-5-9-20(17)25)22-10-6-4-8-18(22)23(19)28;1-4-24-19(23)16(12-20-15-8-6-5-7-9-15)18(22)17-11-10-13(2)14(3)21-17;1-10-7-8-15(19-11(10)2)17(21)13-9-18-14-6-4-3-5-12(14)16(13)20;1-2-14-11(13)8-9-12-10-6-4-3-5-7-10;1-5-3-4-7(8(9)11)10-6(5)2/h3-12,14H,13H2,1-2H3;5-12,22H,4H2,1-3H3;3-9H,1-2H3,(H,18,20);3-9,12H,2H2,1H3;3-4H,1-2H3. The molecular formula is C79H74ClFN8O10. The Labute approximate surface area is 577 Å². The van der Waals surface area contributed by atoms with E-state index in [9.17, 15) is 43.1 Å². The van der Waals surface area contributed by atoms with E-state index in [1.54, 1.807) is 116 Å². The van der Waals surface area contributed by atoms with Gasteiger partial charge >= 0.3 is 11.9 Å². The Bertz CT molecular complexity index is 4960. The fourth-order valence-corrected chi connectivity index (χ4v) is 9.32. The van der Waals surface area contributed by atoms with Crippen LogP contribution >= 0.6 is 11.6 Å². The zero-order chi connectivity index (χ0) is 71.7. The molecule has 20 heteroatoms. The fraction of sp³-hybridized carbons (Fsp3) is 0.165. The third-order valence-corrected chi connectivity index (χ3v) is 15.4. The van der Waals surface area contributed by atoms with Crippen molar-refractivity contribution >= 4 is 85.5 Å². The number of carbonyl (C=O) groups excluding carboxylic acids is 5. The van der Waals surface area contributed by atoms with Gasteiger partial charge in [-0.25, -0.2) is 33.9 Å². The number of esters is 2. The molecule has 0 aliphatic heterocycles. The summed E-state index contributed by atoms with van der Waals surface area (Å²) in [6, 6.07) is 53.2. The molecule has 0 amide bonds. The summed E-state index contributed by atoms with van der Waals surface area (Å²) in [5, 5.41) is 13.9. The Morgan fingerprint density at radius 1 is 0.566 bits per heavy atom. The second-order valence-corrected chi connectivity index (χ2v) is 22.5. The van der Waals surface area contributed by atoms with E-state index in [0.29, 0.717) is 56.7 Å². The summed E-state index contributed by atoms with van der Waals surface area (Å²) in [5.74, 6) is -2.36. The molecule has 6 aromatic heterocycles. The van der Waals surface area contributed by atoms with Crippen molar-refractivity contribution in [2.75, 3.05) is 18.5 Å². The lowest BCUT2D eigenvalue weighted by atomic mass is 10.0. The third kappa shape index (κ3) is 20.8. The summed E-state index contributed by atoms with van der Waals surface area (Å²) in [7, 11) is 0. The van der Waals surface area contributed by atoms with Crippen LogP contribution in [0.25, 0.3) is 27.6 Å². The van der Waals surface area contributed by atoms with Crippen LogP contribution in [-0.4, -0.2) is 82.8 Å². The molecule has 0 atom stereocenters. The predicted octanol–water partition coefficient (Wildman–Crippen LogP) is 15.4. The summed E-state index contributed by atoms with van der Waals surface area (Å²) in [6.45, 7) is 19.3. The maximum Gasteiger partial charge on any atom is 0.343 e. The lowest BCUT2D eigenvalue weighted by molar-refractivity contribution is -0.138. The van der Waals surface area contributed by atoms with E-state index in [4.69, 9.17) is 21.1 Å². The Morgan fingerprint density at radius 3 is 1.61 bits per heavy atom. The minimum atomic E-state index is -0.644. The maximum atomic E-state index is 14.2. The van der Waals surface area contributed by atoms with Crippen LogP contribution in [0.15, 0.2) is 227 Å². The topological polar surface area (TPSA) is 255 Å². The van der Waals surface area contributed by atoms with Crippen molar-refractivity contribution in [2.45, 2.75) is 75.8 Å². The minimum Gasteiger partial charge on any atom is -0.505 e. The Morgan fingerprint density at radius 2 is 1.04 bits per heavy atom. The smallest absolute Gasteiger partial charge is 0.343 e. The molecule has 0 fully saturated rings. The quantitative estimate of drug-likeness (QED) is 0.0203. The molecule has 0 saturated heterocycles. The van der Waals surface area contributed by atoms with Crippen LogP contribution in [0, 0.1) is 61.2 Å². The number of ketones is 2. The second kappa shape index (κ2) is 36.2. The van der Waals surface area contributed by atoms with E-state index in [-0.39, 0.29) is 69.7 Å². The number of carbonyl (C=O) groups is 5. The first-order chi connectivity index (χ1) is 47.5. The zero-order valence-electron chi connectivity index (χ0n) is 56.4. The van der Waals surface area contributed by atoms with E-state index >= 15 is 0 Å².